The molecule has 5 heteroatoms. The topological polar surface area (TPSA) is 73.2 Å². The summed E-state index contributed by atoms with van der Waals surface area (Å²) < 4.78 is 10.7. The fourth-order valence-electron chi connectivity index (χ4n) is 2.97. The number of ether oxygens (including phenoxy) is 2. The standard InChI is InChI=1S/C16H21N3O2/c1-20-11-5-6-12(14(9-11)21-2)13-10-18-15(19-13)16(17)7-3-4-8-16/h5-6,9-10H,3-4,7-8,17H2,1-2H3,(H,18,19). The van der Waals surface area contributed by atoms with Crippen LogP contribution >= 0.6 is 0 Å². The zero-order valence-electron chi connectivity index (χ0n) is 12.5. The van der Waals surface area contributed by atoms with Crippen LogP contribution in [-0.2, 0) is 5.54 Å². The van der Waals surface area contributed by atoms with Crippen molar-refractivity contribution in [3.63, 3.8) is 0 Å². The van der Waals surface area contributed by atoms with Crippen LogP contribution in [0, 0.1) is 0 Å². The highest BCUT2D eigenvalue weighted by Crippen LogP contribution is 2.37. The normalized spacial score (nSPS) is 16.9. The van der Waals surface area contributed by atoms with E-state index in [9.17, 15) is 0 Å². The van der Waals surface area contributed by atoms with E-state index < -0.39 is 0 Å². The monoisotopic (exact) mass is 287 g/mol. The molecule has 0 bridgehead atoms. The molecule has 21 heavy (non-hydrogen) atoms. The molecule has 0 spiro atoms. The van der Waals surface area contributed by atoms with E-state index in [2.05, 4.69) is 9.97 Å². The Bertz CT molecular complexity index is 630. The molecule has 2 aromatic rings. The van der Waals surface area contributed by atoms with Crippen LogP contribution in [0.5, 0.6) is 11.5 Å². The maximum Gasteiger partial charge on any atom is 0.131 e. The lowest BCUT2D eigenvalue weighted by atomic mass is 9.98. The molecule has 0 aliphatic heterocycles. The molecule has 112 valence electrons. The van der Waals surface area contributed by atoms with Gasteiger partial charge in [0.05, 0.1) is 31.6 Å². The number of imidazole rings is 1. The molecule has 1 aliphatic carbocycles. The smallest absolute Gasteiger partial charge is 0.131 e. The van der Waals surface area contributed by atoms with Crippen LogP contribution in [0.3, 0.4) is 0 Å². The van der Waals surface area contributed by atoms with Crippen molar-refractivity contribution in [3.8, 4) is 22.8 Å². The number of nitrogens with one attached hydrogen (secondary N) is 1. The first-order valence-electron chi connectivity index (χ1n) is 7.23. The van der Waals surface area contributed by atoms with Gasteiger partial charge in [-0.15, -0.1) is 0 Å². The summed E-state index contributed by atoms with van der Waals surface area (Å²) in [4.78, 5) is 7.86. The minimum Gasteiger partial charge on any atom is -0.497 e. The zero-order chi connectivity index (χ0) is 14.9. The molecule has 0 radical (unpaired) electrons. The van der Waals surface area contributed by atoms with Gasteiger partial charge in [-0.05, 0) is 25.0 Å². The molecule has 1 aromatic heterocycles. The van der Waals surface area contributed by atoms with Gasteiger partial charge in [0.25, 0.3) is 0 Å². The fourth-order valence-corrected chi connectivity index (χ4v) is 2.97. The highest BCUT2D eigenvalue weighted by atomic mass is 16.5. The van der Waals surface area contributed by atoms with Gasteiger partial charge in [0, 0.05) is 11.6 Å². The van der Waals surface area contributed by atoms with E-state index in [-0.39, 0.29) is 5.54 Å². The first-order chi connectivity index (χ1) is 10.2. The van der Waals surface area contributed by atoms with E-state index in [1.54, 1.807) is 14.2 Å². The molecule has 0 atom stereocenters. The summed E-state index contributed by atoms with van der Waals surface area (Å²) in [5, 5.41) is 0. The summed E-state index contributed by atoms with van der Waals surface area (Å²) in [5.74, 6) is 2.39. The maximum atomic E-state index is 6.44. The van der Waals surface area contributed by atoms with Gasteiger partial charge in [0.1, 0.15) is 17.3 Å². The average molecular weight is 287 g/mol. The molecule has 1 fully saturated rings. The van der Waals surface area contributed by atoms with Gasteiger partial charge >= 0.3 is 0 Å². The molecule has 0 amide bonds. The lowest BCUT2D eigenvalue weighted by Crippen LogP contribution is -2.34. The molecule has 0 saturated heterocycles. The summed E-state index contributed by atoms with van der Waals surface area (Å²) in [6.45, 7) is 0. The SMILES string of the molecule is COc1ccc(-c2cnc(C3(N)CCCC3)[nH]2)c(OC)c1. The summed E-state index contributed by atoms with van der Waals surface area (Å²) in [6, 6.07) is 5.74. The van der Waals surface area contributed by atoms with E-state index in [0.717, 1.165) is 41.4 Å². The minimum atomic E-state index is -0.308. The second-order valence-corrected chi connectivity index (χ2v) is 5.57. The van der Waals surface area contributed by atoms with Gasteiger partial charge in [-0.25, -0.2) is 4.98 Å². The minimum absolute atomic E-state index is 0.308. The molecule has 1 saturated carbocycles. The lowest BCUT2D eigenvalue weighted by Gasteiger charge is -2.20. The molecule has 3 N–H and O–H groups in total. The van der Waals surface area contributed by atoms with Crippen LogP contribution in [0.4, 0.5) is 0 Å². The van der Waals surface area contributed by atoms with Crippen molar-refractivity contribution >= 4 is 0 Å². The summed E-state index contributed by atoms with van der Waals surface area (Å²) in [7, 11) is 3.29. The average Bonchev–Trinajstić information content (AvgIpc) is 3.16. The second-order valence-electron chi connectivity index (χ2n) is 5.57. The Kier molecular flexibility index (Phi) is 3.59. The predicted molar refractivity (Wildman–Crippen MR) is 81.5 cm³/mol. The van der Waals surface area contributed by atoms with Crippen molar-refractivity contribution in [2.24, 2.45) is 5.73 Å². The predicted octanol–water partition coefficient (Wildman–Crippen LogP) is 2.82. The van der Waals surface area contributed by atoms with E-state index in [0.29, 0.717) is 0 Å². The molecule has 0 unspecified atom stereocenters. The second kappa shape index (κ2) is 5.41. The number of methoxy groups -OCH3 is 2. The van der Waals surface area contributed by atoms with Crippen molar-refractivity contribution in [1.82, 2.24) is 9.97 Å². The number of benzene rings is 1. The zero-order valence-corrected chi connectivity index (χ0v) is 12.5. The van der Waals surface area contributed by atoms with Crippen molar-refractivity contribution in [1.29, 1.82) is 0 Å². The molecule has 1 aliphatic rings. The lowest BCUT2D eigenvalue weighted by molar-refractivity contribution is 0.395. The van der Waals surface area contributed by atoms with Crippen LogP contribution in [0.25, 0.3) is 11.3 Å². The Morgan fingerprint density at radius 3 is 2.62 bits per heavy atom. The highest BCUT2D eigenvalue weighted by molar-refractivity contribution is 5.68. The fraction of sp³-hybridized carbons (Fsp3) is 0.438. The van der Waals surface area contributed by atoms with Crippen molar-refractivity contribution < 1.29 is 9.47 Å². The number of aromatic nitrogens is 2. The van der Waals surface area contributed by atoms with Crippen molar-refractivity contribution in [3.05, 3.63) is 30.2 Å². The quantitative estimate of drug-likeness (QED) is 0.907. The van der Waals surface area contributed by atoms with Crippen LogP contribution in [0.15, 0.2) is 24.4 Å². The van der Waals surface area contributed by atoms with Crippen LogP contribution in [0.2, 0.25) is 0 Å². The number of hydrogen-bond donors (Lipinski definition) is 2. The third-order valence-corrected chi connectivity index (χ3v) is 4.24. The van der Waals surface area contributed by atoms with Crippen molar-refractivity contribution in [2.45, 2.75) is 31.2 Å². The molecule has 1 aromatic carbocycles. The Morgan fingerprint density at radius 1 is 1.19 bits per heavy atom. The summed E-state index contributed by atoms with van der Waals surface area (Å²) >= 11 is 0. The van der Waals surface area contributed by atoms with E-state index in [1.165, 1.54) is 12.8 Å². The highest BCUT2D eigenvalue weighted by Gasteiger charge is 2.34. The molecular weight excluding hydrogens is 266 g/mol. The number of H-pyrrole nitrogens is 1. The van der Waals surface area contributed by atoms with E-state index in [1.807, 2.05) is 24.4 Å². The van der Waals surface area contributed by atoms with Gasteiger partial charge in [0.15, 0.2) is 0 Å². The van der Waals surface area contributed by atoms with E-state index in [4.69, 9.17) is 15.2 Å². The largest absolute Gasteiger partial charge is 0.497 e. The molecular formula is C16H21N3O2. The summed E-state index contributed by atoms with van der Waals surface area (Å²) in [6.07, 6.45) is 6.13. The Morgan fingerprint density at radius 2 is 1.95 bits per heavy atom. The van der Waals surface area contributed by atoms with Gasteiger partial charge in [-0.1, -0.05) is 12.8 Å². The molecule has 5 nitrogen and oxygen atoms in total. The number of nitrogens with zero attached hydrogens (tertiary/aromatic N) is 1. The third kappa shape index (κ3) is 2.49. The first kappa shape index (κ1) is 13.9. The Balaban J connectivity index is 1.96. The molecule has 3 rings (SSSR count). The van der Waals surface area contributed by atoms with Gasteiger partial charge in [-0.3, -0.25) is 0 Å². The first-order valence-corrected chi connectivity index (χ1v) is 7.23. The summed E-state index contributed by atoms with van der Waals surface area (Å²) in [5.41, 5.74) is 8.01. The molecule has 1 heterocycles. The van der Waals surface area contributed by atoms with Crippen molar-refractivity contribution in [2.75, 3.05) is 14.2 Å². The van der Waals surface area contributed by atoms with Gasteiger partial charge < -0.3 is 20.2 Å². The number of aromatic amines is 1. The Hall–Kier alpha value is -2.01. The maximum absolute atomic E-state index is 6.44. The van der Waals surface area contributed by atoms with Gasteiger partial charge in [-0.2, -0.15) is 0 Å². The number of rotatable bonds is 4. The van der Waals surface area contributed by atoms with Crippen LogP contribution in [0.1, 0.15) is 31.5 Å². The van der Waals surface area contributed by atoms with E-state index >= 15 is 0 Å². The Labute approximate surface area is 124 Å². The third-order valence-electron chi connectivity index (χ3n) is 4.24. The van der Waals surface area contributed by atoms with Gasteiger partial charge in [0.2, 0.25) is 0 Å². The number of hydrogen-bond acceptors (Lipinski definition) is 4. The van der Waals surface area contributed by atoms with Crippen LogP contribution in [-0.4, -0.2) is 24.2 Å². The number of nitrogens with two attached hydrogens (primary N) is 1. The van der Waals surface area contributed by atoms with Crippen LogP contribution < -0.4 is 15.2 Å².